The zero-order chi connectivity index (χ0) is 12.3. The Morgan fingerprint density at radius 3 is 2.65 bits per heavy atom. The van der Waals surface area contributed by atoms with Gasteiger partial charge in [-0.2, -0.15) is 0 Å². The van der Waals surface area contributed by atoms with E-state index in [9.17, 15) is 5.11 Å². The fourth-order valence-corrected chi connectivity index (χ4v) is 2.51. The summed E-state index contributed by atoms with van der Waals surface area (Å²) in [6.45, 7) is 0. The Bertz CT molecular complexity index is 426. The molecule has 2 rings (SSSR count). The number of hydrogen-bond donors (Lipinski definition) is 1. The predicted molar refractivity (Wildman–Crippen MR) is 72.7 cm³/mol. The highest BCUT2D eigenvalue weighted by Crippen LogP contribution is 2.26. The third-order valence-electron chi connectivity index (χ3n) is 3.17. The molecule has 1 unspecified atom stereocenters. The minimum atomic E-state index is -0.382. The minimum Gasteiger partial charge on any atom is -0.388 e. The minimum absolute atomic E-state index is 0.382. The number of aliphatic hydroxyl groups excluding tert-OH is 1. The molecule has 0 amide bonds. The van der Waals surface area contributed by atoms with Crippen molar-refractivity contribution in [1.82, 2.24) is 0 Å². The molecule has 0 fully saturated rings. The zero-order valence-electron chi connectivity index (χ0n) is 9.63. The summed E-state index contributed by atoms with van der Waals surface area (Å²) >= 11 is 11.8. The average Bonchev–Trinajstić information content (AvgIpc) is 2.35. The quantitative estimate of drug-likeness (QED) is 0.808. The van der Waals surface area contributed by atoms with E-state index in [1.807, 2.05) is 12.1 Å². The van der Waals surface area contributed by atoms with Gasteiger partial charge in [-0.15, -0.1) is 0 Å². The van der Waals surface area contributed by atoms with E-state index in [2.05, 4.69) is 6.08 Å². The van der Waals surface area contributed by atoms with Crippen molar-refractivity contribution < 1.29 is 5.11 Å². The van der Waals surface area contributed by atoms with Gasteiger partial charge in [0.1, 0.15) is 0 Å². The van der Waals surface area contributed by atoms with Gasteiger partial charge in [-0.3, -0.25) is 0 Å². The van der Waals surface area contributed by atoms with Gasteiger partial charge in [0.05, 0.1) is 16.1 Å². The highest BCUT2D eigenvalue weighted by atomic mass is 35.5. The molecule has 1 nitrogen and oxygen atoms in total. The maximum atomic E-state index is 10.1. The predicted octanol–water partition coefficient (Wildman–Crippen LogP) is 4.40. The zero-order valence-corrected chi connectivity index (χ0v) is 11.1. The summed E-state index contributed by atoms with van der Waals surface area (Å²) in [5.41, 5.74) is 2.20. The molecule has 0 saturated carbocycles. The van der Waals surface area contributed by atoms with E-state index in [1.165, 1.54) is 18.4 Å². The summed E-state index contributed by atoms with van der Waals surface area (Å²) in [6, 6.07) is 5.53. The lowest BCUT2D eigenvalue weighted by atomic mass is 9.92. The summed E-state index contributed by atoms with van der Waals surface area (Å²) in [5, 5.41) is 11.3. The van der Waals surface area contributed by atoms with Gasteiger partial charge in [-0.05, 0) is 49.0 Å². The molecule has 1 aromatic rings. The van der Waals surface area contributed by atoms with E-state index in [0.29, 0.717) is 16.5 Å². The summed E-state index contributed by atoms with van der Waals surface area (Å²) in [4.78, 5) is 0. The summed E-state index contributed by atoms with van der Waals surface area (Å²) in [5.74, 6) is 0. The van der Waals surface area contributed by atoms with E-state index < -0.39 is 0 Å². The average molecular weight is 271 g/mol. The van der Waals surface area contributed by atoms with Crippen molar-refractivity contribution in [2.45, 2.75) is 38.2 Å². The van der Waals surface area contributed by atoms with Crippen LogP contribution in [0.5, 0.6) is 0 Å². The van der Waals surface area contributed by atoms with Gasteiger partial charge in [0.15, 0.2) is 0 Å². The first-order chi connectivity index (χ1) is 8.16. The molecule has 1 aromatic carbocycles. The highest BCUT2D eigenvalue weighted by molar-refractivity contribution is 6.42. The third kappa shape index (κ3) is 3.48. The second kappa shape index (κ2) is 5.90. The molecule has 17 heavy (non-hydrogen) atoms. The number of hydrogen-bond acceptors (Lipinski definition) is 1. The first kappa shape index (κ1) is 12.9. The first-order valence-electron chi connectivity index (χ1n) is 5.98. The molecular weight excluding hydrogens is 255 g/mol. The van der Waals surface area contributed by atoms with Gasteiger partial charge in [0.2, 0.25) is 0 Å². The lowest BCUT2D eigenvalue weighted by Gasteiger charge is -2.18. The first-order valence-corrected chi connectivity index (χ1v) is 6.73. The topological polar surface area (TPSA) is 20.2 Å². The van der Waals surface area contributed by atoms with Crippen molar-refractivity contribution in [2.24, 2.45) is 0 Å². The van der Waals surface area contributed by atoms with Crippen LogP contribution >= 0.6 is 23.2 Å². The van der Waals surface area contributed by atoms with Gasteiger partial charge in [-0.25, -0.2) is 0 Å². The molecule has 0 radical (unpaired) electrons. The number of aliphatic hydroxyl groups is 1. The van der Waals surface area contributed by atoms with Crippen LogP contribution in [-0.4, -0.2) is 11.2 Å². The van der Waals surface area contributed by atoms with Crippen molar-refractivity contribution in [2.75, 3.05) is 0 Å². The Kier molecular flexibility index (Phi) is 4.49. The van der Waals surface area contributed by atoms with E-state index in [-0.39, 0.29) is 6.10 Å². The maximum Gasteiger partial charge on any atom is 0.0790 e. The standard InChI is InChI=1S/C14H16Cl2O/c15-12-7-6-10(8-13(12)16)9-14(17)11-4-2-1-3-5-11/h4,6-8,14,17H,1-3,5,9H2. The fourth-order valence-electron chi connectivity index (χ4n) is 2.19. The van der Waals surface area contributed by atoms with Crippen molar-refractivity contribution in [3.63, 3.8) is 0 Å². The van der Waals surface area contributed by atoms with E-state index in [4.69, 9.17) is 23.2 Å². The second-order valence-electron chi connectivity index (χ2n) is 4.49. The van der Waals surface area contributed by atoms with Crippen LogP contribution in [0.15, 0.2) is 29.8 Å². The lowest BCUT2D eigenvalue weighted by molar-refractivity contribution is 0.204. The lowest BCUT2D eigenvalue weighted by Crippen LogP contribution is -2.15. The maximum absolute atomic E-state index is 10.1. The van der Waals surface area contributed by atoms with Crippen LogP contribution in [0.1, 0.15) is 31.2 Å². The second-order valence-corrected chi connectivity index (χ2v) is 5.31. The number of allylic oxidation sites excluding steroid dienone is 1. The number of halogens is 2. The van der Waals surface area contributed by atoms with E-state index in [1.54, 1.807) is 6.07 Å². The van der Waals surface area contributed by atoms with Crippen LogP contribution in [0.2, 0.25) is 10.0 Å². The van der Waals surface area contributed by atoms with Gasteiger partial charge in [0, 0.05) is 6.42 Å². The molecular formula is C14H16Cl2O. The van der Waals surface area contributed by atoms with E-state index in [0.717, 1.165) is 18.4 Å². The monoisotopic (exact) mass is 270 g/mol. The summed E-state index contributed by atoms with van der Waals surface area (Å²) in [6.07, 6.45) is 6.94. The summed E-state index contributed by atoms with van der Waals surface area (Å²) in [7, 11) is 0. The molecule has 3 heteroatoms. The van der Waals surface area contributed by atoms with Crippen LogP contribution < -0.4 is 0 Å². The van der Waals surface area contributed by atoms with Crippen LogP contribution in [0.25, 0.3) is 0 Å². The molecule has 0 aliphatic heterocycles. The molecule has 0 aromatic heterocycles. The molecule has 1 atom stereocenters. The van der Waals surface area contributed by atoms with Crippen molar-refractivity contribution in [3.8, 4) is 0 Å². The molecule has 92 valence electrons. The largest absolute Gasteiger partial charge is 0.388 e. The van der Waals surface area contributed by atoms with Gasteiger partial charge in [-0.1, -0.05) is 35.3 Å². The number of benzene rings is 1. The van der Waals surface area contributed by atoms with Crippen molar-refractivity contribution >= 4 is 23.2 Å². The molecule has 1 aliphatic carbocycles. The van der Waals surface area contributed by atoms with E-state index >= 15 is 0 Å². The van der Waals surface area contributed by atoms with Gasteiger partial charge >= 0.3 is 0 Å². The smallest absolute Gasteiger partial charge is 0.0790 e. The SMILES string of the molecule is OC(Cc1ccc(Cl)c(Cl)c1)C1=CCCCC1. The Morgan fingerprint density at radius 2 is 2.00 bits per heavy atom. The van der Waals surface area contributed by atoms with Crippen LogP contribution in [0.4, 0.5) is 0 Å². The Hall–Kier alpha value is -0.500. The molecule has 0 saturated heterocycles. The molecule has 1 aliphatic rings. The van der Waals surface area contributed by atoms with Crippen LogP contribution in [0, 0.1) is 0 Å². The molecule has 0 bridgehead atoms. The van der Waals surface area contributed by atoms with Crippen LogP contribution in [-0.2, 0) is 6.42 Å². The molecule has 0 heterocycles. The Morgan fingerprint density at radius 1 is 1.18 bits per heavy atom. The van der Waals surface area contributed by atoms with Gasteiger partial charge < -0.3 is 5.11 Å². The van der Waals surface area contributed by atoms with Crippen molar-refractivity contribution in [1.29, 1.82) is 0 Å². The Balaban J connectivity index is 2.04. The highest BCUT2D eigenvalue weighted by Gasteiger charge is 2.14. The van der Waals surface area contributed by atoms with Crippen LogP contribution in [0.3, 0.4) is 0 Å². The summed E-state index contributed by atoms with van der Waals surface area (Å²) < 4.78 is 0. The fraction of sp³-hybridized carbons (Fsp3) is 0.429. The number of rotatable bonds is 3. The van der Waals surface area contributed by atoms with Gasteiger partial charge in [0.25, 0.3) is 0 Å². The normalized spacial score (nSPS) is 17.7. The molecule has 0 spiro atoms. The Labute approximate surface area is 112 Å². The molecule has 1 N–H and O–H groups in total. The van der Waals surface area contributed by atoms with Crippen molar-refractivity contribution in [3.05, 3.63) is 45.5 Å². The third-order valence-corrected chi connectivity index (χ3v) is 3.91.